The third kappa shape index (κ3) is 2.90. The predicted octanol–water partition coefficient (Wildman–Crippen LogP) is 2.01. The second kappa shape index (κ2) is 6.18. The van der Waals surface area contributed by atoms with Crippen molar-refractivity contribution in [2.75, 3.05) is 19.0 Å². The van der Waals surface area contributed by atoms with E-state index in [0.717, 1.165) is 31.5 Å². The van der Waals surface area contributed by atoms with Gasteiger partial charge in [0.05, 0.1) is 5.56 Å². The van der Waals surface area contributed by atoms with Gasteiger partial charge in [-0.15, -0.1) is 0 Å². The Bertz CT molecular complexity index is 600. The first-order chi connectivity index (χ1) is 11.0. The lowest BCUT2D eigenvalue weighted by Crippen LogP contribution is -2.46. The molecular weight excluding hydrogens is 294 g/mol. The normalized spacial score (nSPS) is 26.7. The summed E-state index contributed by atoms with van der Waals surface area (Å²) in [6.45, 7) is 0. The molecule has 2 fully saturated rings. The van der Waals surface area contributed by atoms with Crippen LogP contribution in [0.1, 0.15) is 42.5 Å². The molecule has 1 saturated heterocycles. The summed E-state index contributed by atoms with van der Waals surface area (Å²) in [6, 6.07) is 2.88. The van der Waals surface area contributed by atoms with Crippen LogP contribution in [0.4, 0.5) is 5.82 Å². The summed E-state index contributed by atoms with van der Waals surface area (Å²) in [7, 11) is 3.77. The highest BCUT2D eigenvalue weighted by Gasteiger charge is 2.47. The van der Waals surface area contributed by atoms with Crippen molar-refractivity contribution in [3.8, 4) is 0 Å². The van der Waals surface area contributed by atoms with Crippen molar-refractivity contribution in [2.24, 2.45) is 5.92 Å². The van der Waals surface area contributed by atoms with Gasteiger partial charge in [-0.1, -0.05) is 12.8 Å². The fourth-order valence-corrected chi connectivity index (χ4v) is 3.90. The summed E-state index contributed by atoms with van der Waals surface area (Å²) < 4.78 is 0. The maximum atomic E-state index is 12.9. The second-order valence-corrected chi connectivity index (χ2v) is 6.71. The van der Waals surface area contributed by atoms with Crippen LogP contribution in [0.2, 0.25) is 0 Å². The summed E-state index contributed by atoms with van der Waals surface area (Å²) in [5.41, 5.74) is 0.466. The Hall–Kier alpha value is -2.11. The van der Waals surface area contributed by atoms with Crippen LogP contribution in [0.3, 0.4) is 0 Å². The van der Waals surface area contributed by atoms with Crippen molar-refractivity contribution in [3.05, 3.63) is 23.9 Å². The molecule has 0 bridgehead atoms. The number of pyridine rings is 1. The van der Waals surface area contributed by atoms with E-state index < -0.39 is 12.0 Å². The number of likely N-dealkylation sites (tertiary alicyclic amines) is 1. The van der Waals surface area contributed by atoms with E-state index in [1.54, 1.807) is 23.2 Å². The second-order valence-electron chi connectivity index (χ2n) is 6.71. The molecule has 3 rings (SSSR count). The fraction of sp³-hybridized carbons (Fsp3) is 0.588. The van der Waals surface area contributed by atoms with Crippen molar-refractivity contribution in [1.29, 1.82) is 0 Å². The van der Waals surface area contributed by atoms with E-state index in [9.17, 15) is 14.7 Å². The SMILES string of the molecule is CN(C)c1ccc(C(=O)N2[C@@H]3CCCC[C@@H]3C[C@H]2C(=O)O)cn1. The minimum Gasteiger partial charge on any atom is -0.480 e. The summed E-state index contributed by atoms with van der Waals surface area (Å²) in [5.74, 6) is -0.00802. The van der Waals surface area contributed by atoms with Crippen molar-refractivity contribution in [1.82, 2.24) is 9.88 Å². The lowest BCUT2D eigenvalue weighted by molar-refractivity contribution is -0.141. The molecule has 1 aliphatic carbocycles. The summed E-state index contributed by atoms with van der Waals surface area (Å²) in [6.07, 6.45) is 6.25. The summed E-state index contributed by atoms with van der Waals surface area (Å²) in [4.78, 5) is 32.3. The highest BCUT2D eigenvalue weighted by Crippen LogP contribution is 2.40. The van der Waals surface area contributed by atoms with Gasteiger partial charge in [0.25, 0.3) is 5.91 Å². The molecule has 1 aliphatic heterocycles. The monoisotopic (exact) mass is 317 g/mol. The third-order valence-electron chi connectivity index (χ3n) is 5.06. The highest BCUT2D eigenvalue weighted by atomic mass is 16.4. The highest BCUT2D eigenvalue weighted by molar-refractivity contribution is 5.97. The van der Waals surface area contributed by atoms with E-state index in [1.165, 1.54) is 0 Å². The number of anilines is 1. The maximum Gasteiger partial charge on any atom is 0.326 e. The van der Waals surface area contributed by atoms with Gasteiger partial charge < -0.3 is 14.9 Å². The number of rotatable bonds is 3. The first-order valence-electron chi connectivity index (χ1n) is 8.18. The van der Waals surface area contributed by atoms with Gasteiger partial charge in [0.2, 0.25) is 0 Å². The van der Waals surface area contributed by atoms with Gasteiger partial charge >= 0.3 is 5.97 Å². The van der Waals surface area contributed by atoms with Gasteiger partial charge in [0, 0.05) is 26.3 Å². The molecule has 1 N–H and O–H groups in total. The van der Waals surface area contributed by atoms with Gasteiger partial charge in [-0.3, -0.25) is 4.79 Å². The number of carboxylic acids is 1. The molecule has 2 aliphatic rings. The zero-order valence-corrected chi connectivity index (χ0v) is 13.6. The van der Waals surface area contributed by atoms with Crippen LogP contribution in [0, 0.1) is 5.92 Å². The Labute approximate surface area is 136 Å². The molecule has 0 unspecified atom stereocenters. The largest absolute Gasteiger partial charge is 0.480 e. The Kier molecular flexibility index (Phi) is 4.24. The Morgan fingerprint density at radius 1 is 1.26 bits per heavy atom. The average Bonchev–Trinajstić information content (AvgIpc) is 2.94. The fourth-order valence-electron chi connectivity index (χ4n) is 3.90. The van der Waals surface area contributed by atoms with Crippen LogP contribution >= 0.6 is 0 Å². The number of hydrogen-bond donors (Lipinski definition) is 1. The number of hydrogen-bond acceptors (Lipinski definition) is 4. The van der Waals surface area contributed by atoms with Crippen molar-refractivity contribution < 1.29 is 14.7 Å². The van der Waals surface area contributed by atoms with Gasteiger partial charge in [-0.05, 0) is 37.3 Å². The van der Waals surface area contributed by atoms with Crippen LogP contribution in [-0.2, 0) is 4.79 Å². The molecule has 2 heterocycles. The predicted molar refractivity (Wildman–Crippen MR) is 86.5 cm³/mol. The number of carbonyl (C=O) groups is 2. The van der Waals surface area contributed by atoms with Gasteiger partial charge in [-0.2, -0.15) is 0 Å². The van der Waals surface area contributed by atoms with Crippen LogP contribution in [0.25, 0.3) is 0 Å². The van der Waals surface area contributed by atoms with Crippen molar-refractivity contribution in [2.45, 2.75) is 44.2 Å². The molecule has 6 heteroatoms. The Morgan fingerprint density at radius 2 is 2.00 bits per heavy atom. The average molecular weight is 317 g/mol. The van der Waals surface area contributed by atoms with E-state index in [2.05, 4.69) is 4.98 Å². The van der Waals surface area contributed by atoms with Crippen molar-refractivity contribution in [3.63, 3.8) is 0 Å². The zero-order chi connectivity index (χ0) is 16.6. The number of fused-ring (bicyclic) bond motifs is 1. The zero-order valence-electron chi connectivity index (χ0n) is 13.6. The quantitative estimate of drug-likeness (QED) is 0.923. The molecule has 1 aromatic heterocycles. The molecule has 1 aromatic rings. The third-order valence-corrected chi connectivity index (χ3v) is 5.06. The topological polar surface area (TPSA) is 73.7 Å². The number of aromatic nitrogens is 1. The van der Waals surface area contributed by atoms with E-state index in [1.807, 2.05) is 19.0 Å². The Balaban J connectivity index is 1.87. The summed E-state index contributed by atoms with van der Waals surface area (Å²) >= 11 is 0. The molecule has 124 valence electrons. The number of nitrogens with zero attached hydrogens (tertiary/aromatic N) is 3. The molecular formula is C17H23N3O3. The molecule has 6 nitrogen and oxygen atoms in total. The minimum absolute atomic E-state index is 0.0610. The number of aliphatic carboxylic acids is 1. The molecule has 3 atom stereocenters. The van der Waals surface area contributed by atoms with Gasteiger partial charge in [-0.25, -0.2) is 9.78 Å². The maximum absolute atomic E-state index is 12.9. The molecule has 0 radical (unpaired) electrons. The van der Waals surface area contributed by atoms with Gasteiger partial charge in [0.1, 0.15) is 11.9 Å². The smallest absolute Gasteiger partial charge is 0.326 e. The molecule has 0 aromatic carbocycles. The van der Waals surface area contributed by atoms with E-state index in [4.69, 9.17) is 0 Å². The standard InChI is InChI=1S/C17H23N3O3/c1-19(2)15-8-7-12(10-18-15)16(21)20-13-6-4-3-5-11(13)9-14(20)17(22)23/h7-8,10-11,13-14H,3-6,9H2,1-2H3,(H,22,23)/t11-,13-,14+/m1/s1. The van der Waals surface area contributed by atoms with Crippen LogP contribution in [-0.4, -0.2) is 53.0 Å². The van der Waals surface area contributed by atoms with Crippen LogP contribution in [0.5, 0.6) is 0 Å². The first kappa shape index (κ1) is 15.8. The molecule has 1 saturated carbocycles. The first-order valence-corrected chi connectivity index (χ1v) is 8.18. The molecule has 1 amide bonds. The van der Waals surface area contributed by atoms with Crippen molar-refractivity contribution >= 4 is 17.7 Å². The van der Waals surface area contributed by atoms with Crippen LogP contribution in [0.15, 0.2) is 18.3 Å². The molecule has 23 heavy (non-hydrogen) atoms. The van der Waals surface area contributed by atoms with E-state index in [0.29, 0.717) is 17.9 Å². The number of carboxylic acid groups (broad SMARTS) is 1. The van der Waals surface area contributed by atoms with Gasteiger partial charge in [0.15, 0.2) is 0 Å². The summed E-state index contributed by atoms with van der Waals surface area (Å²) in [5, 5.41) is 9.53. The number of carbonyl (C=O) groups excluding carboxylic acids is 1. The number of amides is 1. The van der Waals surface area contributed by atoms with E-state index >= 15 is 0 Å². The minimum atomic E-state index is -0.898. The van der Waals surface area contributed by atoms with Crippen LogP contribution < -0.4 is 4.90 Å². The van der Waals surface area contributed by atoms with E-state index in [-0.39, 0.29) is 11.9 Å². The lowest BCUT2D eigenvalue weighted by atomic mass is 9.84. The Morgan fingerprint density at radius 3 is 2.61 bits per heavy atom. The lowest BCUT2D eigenvalue weighted by Gasteiger charge is -2.33. The molecule has 0 spiro atoms.